The zero-order valence-corrected chi connectivity index (χ0v) is 13.5. The number of benzene rings is 1. The van der Waals surface area contributed by atoms with E-state index in [0.717, 1.165) is 5.69 Å². The van der Waals surface area contributed by atoms with Gasteiger partial charge in [-0.15, -0.1) is 0 Å². The SMILES string of the molecule is CC(CCOC(=O)c1ccc(N(C)c2ccccc2)nc1)=C(F)F. The Kier molecular flexibility index (Phi) is 6.01. The first-order valence-corrected chi connectivity index (χ1v) is 7.41. The van der Waals surface area contributed by atoms with Gasteiger partial charge in [0.25, 0.3) is 6.08 Å². The summed E-state index contributed by atoms with van der Waals surface area (Å²) in [5.74, 6) is 0.0968. The first-order chi connectivity index (χ1) is 11.5. The minimum Gasteiger partial charge on any atom is -0.462 e. The fourth-order valence-electron chi connectivity index (χ4n) is 1.96. The van der Waals surface area contributed by atoms with Crippen molar-refractivity contribution in [3.05, 3.63) is 65.9 Å². The lowest BCUT2D eigenvalue weighted by Crippen LogP contribution is -2.12. The van der Waals surface area contributed by atoms with Gasteiger partial charge in [-0.1, -0.05) is 18.2 Å². The Morgan fingerprint density at radius 3 is 2.46 bits per heavy atom. The van der Waals surface area contributed by atoms with Crippen LogP contribution in [0.25, 0.3) is 0 Å². The van der Waals surface area contributed by atoms with Gasteiger partial charge in [-0.25, -0.2) is 9.78 Å². The Bertz CT molecular complexity index is 712. The number of pyridine rings is 1. The van der Waals surface area contributed by atoms with E-state index < -0.39 is 12.0 Å². The number of rotatable bonds is 6. The average molecular weight is 332 g/mol. The molecule has 1 heterocycles. The predicted octanol–water partition coefficient (Wildman–Crippen LogP) is 4.57. The summed E-state index contributed by atoms with van der Waals surface area (Å²) in [7, 11) is 1.87. The van der Waals surface area contributed by atoms with Crippen molar-refractivity contribution < 1.29 is 18.3 Å². The van der Waals surface area contributed by atoms with Gasteiger partial charge in [0.15, 0.2) is 0 Å². The zero-order valence-electron chi connectivity index (χ0n) is 13.5. The second-order valence-electron chi connectivity index (χ2n) is 5.23. The molecule has 2 rings (SSSR count). The lowest BCUT2D eigenvalue weighted by molar-refractivity contribution is 0.0507. The number of aromatic nitrogens is 1. The van der Waals surface area contributed by atoms with Crippen LogP contribution in [0.5, 0.6) is 0 Å². The number of para-hydroxylation sites is 1. The molecule has 0 fully saturated rings. The van der Waals surface area contributed by atoms with Crippen molar-refractivity contribution in [2.24, 2.45) is 0 Å². The topological polar surface area (TPSA) is 42.4 Å². The molecule has 0 saturated carbocycles. The van der Waals surface area contributed by atoms with E-state index in [1.165, 1.54) is 13.1 Å². The fourth-order valence-corrected chi connectivity index (χ4v) is 1.96. The van der Waals surface area contributed by atoms with Crippen molar-refractivity contribution in [2.45, 2.75) is 13.3 Å². The van der Waals surface area contributed by atoms with Gasteiger partial charge >= 0.3 is 5.97 Å². The summed E-state index contributed by atoms with van der Waals surface area (Å²) in [5.41, 5.74) is 1.17. The van der Waals surface area contributed by atoms with Crippen molar-refractivity contribution in [3.8, 4) is 0 Å². The molecular formula is C18H18F2N2O2. The molecule has 0 saturated heterocycles. The zero-order chi connectivity index (χ0) is 17.5. The van der Waals surface area contributed by atoms with Crippen LogP contribution in [0.15, 0.2) is 60.3 Å². The summed E-state index contributed by atoms with van der Waals surface area (Å²) >= 11 is 0. The van der Waals surface area contributed by atoms with Crippen molar-refractivity contribution >= 4 is 17.5 Å². The largest absolute Gasteiger partial charge is 0.462 e. The Morgan fingerprint density at radius 1 is 1.17 bits per heavy atom. The first kappa shape index (κ1) is 17.6. The number of halogens is 2. The van der Waals surface area contributed by atoms with E-state index in [2.05, 4.69) is 4.98 Å². The molecule has 0 radical (unpaired) electrons. The lowest BCUT2D eigenvalue weighted by atomic mass is 10.2. The molecule has 0 aliphatic carbocycles. The molecule has 1 aromatic heterocycles. The summed E-state index contributed by atoms with van der Waals surface area (Å²) in [4.78, 5) is 18.0. The first-order valence-electron chi connectivity index (χ1n) is 7.41. The standard InChI is InChI=1S/C18H18F2N2O2/c1-13(17(19)20)10-11-24-18(23)14-8-9-16(21-12-14)22(2)15-6-4-3-5-7-15/h3-9,12H,10-11H2,1-2H3. The Hall–Kier alpha value is -2.76. The maximum atomic E-state index is 12.3. The molecule has 1 aromatic carbocycles. The molecular weight excluding hydrogens is 314 g/mol. The third-order valence-corrected chi connectivity index (χ3v) is 3.50. The predicted molar refractivity (Wildman–Crippen MR) is 88.6 cm³/mol. The minimum absolute atomic E-state index is 0.0102. The van der Waals surface area contributed by atoms with E-state index in [-0.39, 0.29) is 24.2 Å². The van der Waals surface area contributed by atoms with Crippen molar-refractivity contribution in [3.63, 3.8) is 0 Å². The summed E-state index contributed by atoms with van der Waals surface area (Å²) < 4.78 is 29.5. The van der Waals surface area contributed by atoms with Gasteiger partial charge < -0.3 is 9.64 Å². The molecule has 0 N–H and O–H groups in total. The van der Waals surface area contributed by atoms with Crippen LogP contribution in [0.3, 0.4) is 0 Å². The van der Waals surface area contributed by atoms with E-state index in [9.17, 15) is 13.6 Å². The molecule has 0 aliphatic rings. The van der Waals surface area contributed by atoms with Crippen LogP contribution in [-0.2, 0) is 4.74 Å². The molecule has 24 heavy (non-hydrogen) atoms. The number of nitrogens with zero attached hydrogens (tertiary/aromatic N) is 2. The monoisotopic (exact) mass is 332 g/mol. The van der Waals surface area contributed by atoms with E-state index in [1.54, 1.807) is 12.1 Å². The van der Waals surface area contributed by atoms with Crippen LogP contribution in [-0.4, -0.2) is 24.6 Å². The van der Waals surface area contributed by atoms with Crippen molar-refractivity contribution in [1.82, 2.24) is 4.98 Å². The van der Waals surface area contributed by atoms with Crippen LogP contribution in [0, 0.1) is 0 Å². The van der Waals surface area contributed by atoms with Gasteiger partial charge in [-0.05, 0) is 36.8 Å². The second-order valence-corrected chi connectivity index (χ2v) is 5.23. The summed E-state index contributed by atoms with van der Waals surface area (Å²) in [5, 5.41) is 0. The Balaban J connectivity index is 1.96. The highest BCUT2D eigenvalue weighted by atomic mass is 19.3. The number of anilines is 2. The Morgan fingerprint density at radius 2 is 1.88 bits per heavy atom. The molecule has 126 valence electrons. The van der Waals surface area contributed by atoms with Crippen LogP contribution < -0.4 is 4.90 Å². The van der Waals surface area contributed by atoms with Gasteiger partial charge in [-0.2, -0.15) is 8.78 Å². The molecule has 0 bridgehead atoms. The number of ether oxygens (including phenoxy) is 1. The van der Waals surface area contributed by atoms with Gasteiger partial charge in [0, 0.05) is 25.4 Å². The van der Waals surface area contributed by atoms with E-state index in [4.69, 9.17) is 4.74 Å². The number of esters is 1. The number of carbonyl (C=O) groups excluding carboxylic acids is 1. The molecule has 0 spiro atoms. The molecule has 0 atom stereocenters. The number of hydrogen-bond donors (Lipinski definition) is 0. The van der Waals surface area contributed by atoms with Gasteiger partial charge in [0.05, 0.1) is 12.2 Å². The van der Waals surface area contributed by atoms with Crippen molar-refractivity contribution in [1.29, 1.82) is 0 Å². The third-order valence-electron chi connectivity index (χ3n) is 3.50. The highest BCUT2D eigenvalue weighted by molar-refractivity contribution is 5.89. The summed E-state index contributed by atoms with van der Waals surface area (Å²) in [6, 6.07) is 13.0. The maximum Gasteiger partial charge on any atom is 0.339 e. The number of carbonyl (C=O) groups is 1. The van der Waals surface area contributed by atoms with Crippen LogP contribution in [0.4, 0.5) is 20.3 Å². The highest BCUT2D eigenvalue weighted by Gasteiger charge is 2.10. The average Bonchev–Trinajstić information content (AvgIpc) is 2.61. The quantitative estimate of drug-likeness (QED) is 0.727. The smallest absolute Gasteiger partial charge is 0.339 e. The van der Waals surface area contributed by atoms with Gasteiger partial charge in [0.1, 0.15) is 5.82 Å². The lowest BCUT2D eigenvalue weighted by Gasteiger charge is -2.18. The maximum absolute atomic E-state index is 12.3. The second kappa shape index (κ2) is 8.19. The van der Waals surface area contributed by atoms with E-state index in [0.29, 0.717) is 5.82 Å². The molecule has 6 heteroatoms. The Labute approximate surface area is 139 Å². The van der Waals surface area contributed by atoms with Crippen LogP contribution in [0.2, 0.25) is 0 Å². The fraction of sp³-hybridized carbons (Fsp3) is 0.222. The van der Waals surface area contributed by atoms with Gasteiger partial charge in [0.2, 0.25) is 0 Å². The highest BCUT2D eigenvalue weighted by Crippen LogP contribution is 2.21. The molecule has 4 nitrogen and oxygen atoms in total. The molecule has 0 aliphatic heterocycles. The van der Waals surface area contributed by atoms with Crippen LogP contribution in [0.1, 0.15) is 23.7 Å². The van der Waals surface area contributed by atoms with Gasteiger partial charge in [-0.3, -0.25) is 0 Å². The van der Waals surface area contributed by atoms with E-state index in [1.807, 2.05) is 42.3 Å². The van der Waals surface area contributed by atoms with E-state index >= 15 is 0 Å². The third kappa shape index (κ3) is 4.62. The van der Waals surface area contributed by atoms with Crippen molar-refractivity contribution in [2.75, 3.05) is 18.6 Å². The summed E-state index contributed by atoms with van der Waals surface area (Å²) in [6.45, 7) is 1.21. The summed E-state index contributed by atoms with van der Waals surface area (Å²) in [6.07, 6.45) is -0.313. The molecule has 0 amide bonds. The molecule has 0 unspecified atom stereocenters. The normalized spacial score (nSPS) is 10.2. The number of hydrogen-bond acceptors (Lipinski definition) is 4. The minimum atomic E-state index is -1.74. The molecule has 2 aromatic rings. The van der Waals surface area contributed by atoms with Crippen LogP contribution >= 0.6 is 0 Å².